The van der Waals surface area contributed by atoms with Gasteiger partial charge in [-0.05, 0) is 43.4 Å². The predicted octanol–water partition coefficient (Wildman–Crippen LogP) is 3.04. The van der Waals surface area contributed by atoms with Gasteiger partial charge in [0.15, 0.2) is 0 Å². The molecule has 0 saturated heterocycles. The molecular formula is C16H26N2. The van der Waals surface area contributed by atoms with Crippen LogP contribution in [0.3, 0.4) is 0 Å². The number of hydrogen-bond donors (Lipinski definition) is 2. The van der Waals surface area contributed by atoms with Gasteiger partial charge in [-0.15, -0.1) is 0 Å². The van der Waals surface area contributed by atoms with E-state index in [0.29, 0.717) is 0 Å². The zero-order valence-electron chi connectivity index (χ0n) is 11.5. The molecule has 2 nitrogen and oxygen atoms in total. The van der Waals surface area contributed by atoms with Crippen molar-refractivity contribution in [1.29, 1.82) is 0 Å². The molecule has 1 saturated carbocycles. The highest BCUT2D eigenvalue weighted by molar-refractivity contribution is 5.25. The van der Waals surface area contributed by atoms with Gasteiger partial charge in [-0.1, -0.05) is 43.5 Å². The lowest BCUT2D eigenvalue weighted by atomic mass is 9.84. The zero-order chi connectivity index (χ0) is 12.6. The number of benzene rings is 1. The predicted molar refractivity (Wildman–Crippen MR) is 77.9 cm³/mol. The molecular weight excluding hydrogens is 220 g/mol. The smallest absolute Gasteiger partial charge is 0.0451 e. The molecule has 0 radical (unpaired) electrons. The van der Waals surface area contributed by atoms with Crippen LogP contribution in [-0.4, -0.2) is 20.3 Å². The van der Waals surface area contributed by atoms with Gasteiger partial charge < -0.3 is 10.6 Å². The third-order valence-corrected chi connectivity index (χ3v) is 3.95. The normalized spacial score (nSPS) is 16.9. The summed E-state index contributed by atoms with van der Waals surface area (Å²) in [6.45, 7) is 1.93. The molecule has 0 atom stereocenters. The van der Waals surface area contributed by atoms with E-state index in [4.69, 9.17) is 0 Å². The Hall–Kier alpha value is -0.860. The van der Waals surface area contributed by atoms with Crippen molar-refractivity contribution in [2.24, 2.45) is 0 Å². The van der Waals surface area contributed by atoms with E-state index in [0.717, 1.165) is 25.6 Å². The number of hydrogen-bond acceptors (Lipinski definition) is 2. The molecule has 0 heterocycles. The summed E-state index contributed by atoms with van der Waals surface area (Å²) in [6, 6.07) is 9.32. The van der Waals surface area contributed by atoms with Crippen LogP contribution in [0.25, 0.3) is 0 Å². The van der Waals surface area contributed by atoms with E-state index in [9.17, 15) is 0 Å². The van der Waals surface area contributed by atoms with Gasteiger partial charge in [-0.2, -0.15) is 0 Å². The van der Waals surface area contributed by atoms with Crippen LogP contribution in [0.2, 0.25) is 0 Å². The third-order valence-electron chi connectivity index (χ3n) is 3.95. The average molecular weight is 246 g/mol. The van der Waals surface area contributed by atoms with E-state index in [1.807, 2.05) is 7.05 Å². The van der Waals surface area contributed by atoms with Crippen molar-refractivity contribution in [3.63, 3.8) is 0 Å². The SMILES string of the molecule is CNCNCCc1ccc(C2CCCCC2)cc1. The summed E-state index contributed by atoms with van der Waals surface area (Å²) in [5, 5.41) is 6.45. The molecule has 0 amide bonds. The second-order valence-electron chi connectivity index (χ2n) is 5.36. The van der Waals surface area contributed by atoms with Crippen LogP contribution in [0, 0.1) is 0 Å². The molecule has 1 aromatic carbocycles. The van der Waals surface area contributed by atoms with Crippen molar-refractivity contribution >= 4 is 0 Å². The largest absolute Gasteiger partial charge is 0.308 e. The molecule has 0 unspecified atom stereocenters. The molecule has 1 aliphatic carbocycles. The molecule has 2 heteroatoms. The monoisotopic (exact) mass is 246 g/mol. The van der Waals surface area contributed by atoms with Gasteiger partial charge in [0, 0.05) is 13.2 Å². The lowest BCUT2D eigenvalue weighted by molar-refractivity contribution is 0.443. The fourth-order valence-corrected chi connectivity index (χ4v) is 2.84. The average Bonchev–Trinajstić information content (AvgIpc) is 2.45. The molecule has 18 heavy (non-hydrogen) atoms. The molecule has 0 aromatic heterocycles. The first kappa shape index (κ1) is 13.6. The highest BCUT2D eigenvalue weighted by Gasteiger charge is 2.14. The molecule has 0 aliphatic heterocycles. The quantitative estimate of drug-likeness (QED) is 0.595. The van der Waals surface area contributed by atoms with Crippen LogP contribution >= 0.6 is 0 Å². The van der Waals surface area contributed by atoms with E-state index >= 15 is 0 Å². The van der Waals surface area contributed by atoms with Gasteiger partial charge in [-0.25, -0.2) is 0 Å². The van der Waals surface area contributed by atoms with Crippen LogP contribution in [0.1, 0.15) is 49.1 Å². The van der Waals surface area contributed by atoms with E-state index in [2.05, 4.69) is 34.9 Å². The van der Waals surface area contributed by atoms with Gasteiger partial charge in [0.05, 0.1) is 0 Å². The Morgan fingerprint density at radius 3 is 2.44 bits per heavy atom. The van der Waals surface area contributed by atoms with Crippen molar-refractivity contribution in [2.75, 3.05) is 20.3 Å². The van der Waals surface area contributed by atoms with Crippen LogP contribution < -0.4 is 10.6 Å². The summed E-state index contributed by atoms with van der Waals surface area (Å²) in [5.41, 5.74) is 3.00. The Balaban J connectivity index is 1.81. The van der Waals surface area contributed by atoms with Crippen LogP contribution in [-0.2, 0) is 6.42 Å². The molecule has 1 aromatic rings. The van der Waals surface area contributed by atoms with E-state index in [1.54, 1.807) is 5.56 Å². The zero-order valence-corrected chi connectivity index (χ0v) is 11.5. The Kier molecular flexibility index (Phi) is 5.69. The highest BCUT2D eigenvalue weighted by atomic mass is 15.0. The first-order chi connectivity index (χ1) is 8.90. The molecule has 100 valence electrons. The Morgan fingerprint density at radius 2 is 1.78 bits per heavy atom. The second-order valence-corrected chi connectivity index (χ2v) is 5.36. The molecule has 0 bridgehead atoms. The second kappa shape index (κ2) is 7.55. The van der Waals surface area contributed by atoms with Crippen molar-refractivity contribution in [1.82, 2.24) is 10.6 Å². The van der Waals surface area contributed by atoms with Crippen molar-refractivity contribution < 1.29 is 0 Å². The van der Waals surface area contributed by atoms with E-state index < -0.39 is 0 Å². The first-order valence-corrected chi connectivity index (χ1v) is 7.34. The maximum absolute atomic E-state index is 3.35. The topological polar surface area (TPSA) is 24.1 Å². The maximum Gasteiger partial charge on any atom is 0.0451 e. The van der Waals surface area contributed by atoms with Crippen LogP contribution in [0.5, 0.6) is 0 Å². The Bertz CT molecular complexity index is 325. The minimum Gasteiger partial charge on any atom is -0.308 e. The standard InChI is InChI=1S/C16H26N2/c1-17-13-18-12-11-14-7-9-16(10-8-14)15-5-3-2-4-6-15/h7-10,15,17-18H,2-6,11-13H2,1H3. The van der Waals surface area contributed by atoms with Gasteiger partial charge in [0.2, 0.25) is 0 Å². The van der Waals surface area contributed by atoms with Gasteiger partial charge in [0.25, 0.3) is 0 Å². The molecule has 2 N–H and O–H groups in total. The minimum atomic E-state index is 0.829. The fourth-order valence-electron chi connectivity index (χ4n) is 2.84. The lowest BCUT2D eigenvalue weighted by Crippen LogP contribution is -2.27. The first-order valence-electron chi connectivity index (χ1n) is 7.34. The van der Waals surface area contributed by atoms with Crippen LogP contribution in [0.4, 0.5) is 0 Å². The van der Waals surface area contributed by atoms with Gasteiger partial charge in [0.1, 0.15) is 0 Å². The van der Waals surface area contributed by atoms with Crippen LogP contribution in [0.15, 0.2) is 24.3 Å². The fraction of sp³-hybridized carbons (Fsp3) is 0.625. The van der Waals surface area contributed by atoms with Crippen molar-refractivity contribution in [2.45, 2.75) is 44.4 Å². The molecule has 1 aliphatic rings. The summed E-state index contributed by atoms with van der Waals surface area (Å²) < 4.78 is 0. The minimum absolute atomic E-state index is 0.829. The summed E-state index contributed by atoms with van der Waals surface area (Å²) >= 11 is 0. The summed E-state index contributed by atoms with van der Waals surface area (Å²) in [6.07, 6.45) is 8.17. The number of rotatable bonds is 6. The maximum atomic E-state index is 3.35. The van der Waals surface area contributed by atoms with E-state index in [-0.39, 0.29) is 0 Å². The molecule has 1 fully saturated rings. The van der Waals surface area contributed by atoms with Crippen molar-refractivity contribution in [3.05, 3.63) is 35.4 Å². The van der Waals surface area contributed by atoms with Gasteiger partial charge >= 0.3 is 0 Å². The lowest BCUT2D eigenvalue weighted by Gasteiger charge is -2.22. The summed E-state index contributed by atoms with van der Waals surface area (Å²) in [4.78, 5) is 0. The van der Waals surface area contributed by atoms with Crippen molar-refractivity contribution in [3.8, 4) is 0 Å². The van der Waals surface area contributed by atoms with E-state index in [1.165, 1.54) is 37.7 Å². The Morgan fingerprint density at radius 1 is 1.06 bits per heavy atom. The molecule has 0 spiro atoms. The number of nitrogens with one attached hydrogen (secondary N) is 2. The summed E-state index contributed by atoms with van der Waals surface area (Å²) in [7, 11) is 1.96. The van der Waals surface area contributed by atoms with Gasteiger partial charge in [-0.3, -0.25) is 0 Å². The Labute approximate surface area is 111 Å². The molecule has 2 rings (SSSR count). The summed E-state index contributed by atoms with van der Waals surface area (Å²) in [5.74, 6) is 0.829. The highest BCUT2D eigenvalue weighted by Crippen LogP contribution is 2.32. The third kappa shape index (κ3) is 4.11.